The molecule has 6 rings (SSSR count). The molecule has 56 heavy (non-hydrogen) atoms. The van der Waals surface area contributed by atoms with Gasteiger partial charge in [-0.2, -0.15) is 0 Å². The van der Waals surface area contributed by atoms with E-state index in [1.807, 2.05) is 72.8 Å². The van der Waals surface area contributed by atoms with Crippen molar-refractivity contribution < 1.29 is 44.6 Å². The fourth-order valence-corrected chi connectivity index (χ4v) is 7.87. The quantitative estimate of drug-likeness (QED) is 0.0712. The van der Waals surface area contributed by atoms with Gasteiger partial charge < -0.3 is 57.1 Å². The third kappa shape index (κ3) is 9.56. The molecule has 13 heteroatoms. The molecule has 4 aromatic carbocycles. The summed E-state index contributed by atoms with van der Waals surface area (Å²) >= 11 is 0. The standard InChI is InChI=1S/C43H52N4O9/c44-36-32-5-1-3-7-34(32)38(40(36)51)46-42(53)27(21-25-9-13-30(14-10-25)55-19-17-48)23-29(50)24-28(22-26-11-15-31(16-12-26)56-20-18-49)43(54)47-39-35-8-4-2-6-33(35)37(45)41(39)52/h1-16,27-29,36-41,48-52H,17-24,44-45H2,(H,46,53)(H,47,54)/t27-,28-,36-,37-,38+,39+,40-,41-/m1/s1. The molecule has 0 unspecified atom stereocenters. The van der Waals surface area contributed by atoms with Crippen molar-refractivity contribution in [3.05, 3.63) is 130 Å². The second-order valence-electron chi connectivity index (χ2n) is 14.6. The Hall–Kier alpha value is -4.86. The molecule has 0 bridgehead atoms. The number of benzene rings is 4. The Bertz CT molecular complexity index is 1770. The number of carbonyl (C=O) groups is 2. The third-order valence-electron chi connectivity index (χ3n) is 10.8. The van der Waals surface area contributed by atoms with E-state index in [2.05, 4.69) is 10.6 Å². The second kappa shape index (κ2) is 18.9. The molecule has 0 saturated carbocycles. The number of amides is 2. The van der Waals surface area contributed by atoms with E-state index in [9.17, 15) is 24.9 Å². The van der Waals surface area contributed by atoms with E-state index < -0.39 is 66.1 Å². The molecule has 2 aliphatic carbocycles. The van der Waals surface area contributed by atoms with Gasteiger partial charge in [0.2, 0.25) is 11.8 Å². The van der Waals surface area contributed by atoms with Gasteiger partial charge in [0, 0.05) is 11.8 Å². The van der Waals surface area contributed by atoms with Crippen LogP contribution in [0.2, 0.25) is 0 Å². The molecule has 13 nitrogen and oxygen atoms in total. The minimum atomic E-state index is -1.12. The van der Waals surface area contributed by atoms with Crippen molar-refractivity contribution in [1.29, 1.82) is 0 Å². The highest BCUT2D eigenvalue weighted by molar-refractivity contribution is 5.81. The SMILES string of the molecule is N[C@@H]1c2ccccc2[C@H](NC(=O)[C@H](Cc2ccc(OCCO)cc2)CC(O)C[C@@H](Cc2ccc(OCCO)cc2)C(=O)N[C@H]2c3ccccc3[C@@H](N)[C@H]2O)[C@@H]1O. The highest BCUT2D eigenvalue weighted by atomic mass is 16.5. The Kier molecular flexibility index (Phi) is 13.7. The van der Waals surface area contributed by atoms with Gasteiger partial charge in [-0.15, -0.1) is 0 Å². The maximum Gasteiger partial charge on any atom is 0.224 e. The average molecular weight is 769 g/mol. The fraction of sp³-hybridized carbons (Fsp3) is 0.395. The number of fused-ring (bicyclic) bond motifs is 2. The summed E-state index contributed by atoms with van der Waals surface area (Å²) < 4.78 is 11.0. The molecular weight excluding hydrogens is 716 g/mol. The Morgan fingerprint density at radius 3 is 1.30 bits per heavy atom. The molecule has 11 N–H and O–H groups in total. The van der Waals surface area contributed by atoms with Crippen LogP contribution in [0.5, 0.6) is 11.5 Å². The van der Waals surface area contributed by atoms with E-state index in [0.717, 1.165) is 33.4 Å². The molecular formula is C43H52N4O9. The summed E-state index contributed by atoms with van der Waals surface area (Å²) in [6, 6.07) is 26.0. The Morgan fingerprint density at radius 1 is 0.589 bits per heavy atom. The van der Waals surface area contributed by atoms with Crippen molar-refractivity contribution in [3.8, 4) is 11.5 Å². The lowest BCUT2D eigenvalue weighted by Crippen LogP contribution is -2.42. The summed E-state index contributed by atoms with van der Waals surface area (Å²) in [6.45, 7) is 0.0127. The van der Waals surface area contributed by atoms with Gasteiger partial charge in [-0.1, -0.05) is 72.8 Å². The summed E-state index contributed by atoms with van der Waals surface area (Å²) in [7, 11) is 0. The summed E-state index contributed by atoms with van der Waals surface area (Å²) in [6.07, 6.45) is -2.79. The molecule has 2 aliphatic rings. The van der Waals surface area contributed by atoms with Crippen molar-refractivity contribution >= 4 is 11.8 Å². The number of hydrogen-bond donors (Lipinski definition) is 9. The van der Waals surface area contributed by atoms with Crippen LogP contribution in [0.15, 0.2) is 97.1 Å². The number of aliphatic hydroxyl groups excluding tert-OH is 5. The minimum absolute atomic E-state index is 0.0113. The number of nitrogens with one attached hydrogen (secondary N) is 2. The molecule has 0 radical (unpaired) electrons. The summed E-state index contributed by atoms with van der Waals surface area (Å²) in [5, 5.41) is 58.2. The van der Waals surface area contributed by atoms with Gasteiger partial charge in [0.1, 0.15) is 24.7 Å². The molecule has 8 atom stereocenters. The van der Waals surface area contributed by atoms with Crippen LogP contribution < -0.4 is 31.6 Å². The van der Waals surface area contributed by atoms with Crippen LogP contribution in [-0.2, 0) is 22.4 Å². The van der Waals surface area contributed by atoms with Gasteiger partial charge in [0.25, 0.3) is 0 Å². The number of rotatable bonds is 18. The topological polar surface area (TPSA) is 230 Å². The first-order chi connectivity index (χ1) is 27.1. The maximum absolute atomic E-state index is 14.2. The lowest BCUT2D eigenvalue weighted by molar-refractivity contribution is -0.128. The normalized spacial score (nSPS) is 22.2. The van der Waals surface area contributed by atoms with Crippen LogP contribution in [0, 0.1) is 11.8 Å². The molecule has 0 heterocycles. The van der Waals surface area contributed by atoms with Gasteiger partial charge in [-0.25, -0.2) is 0 Å². The highest BCUT2D eigenvalue weighted by Crippen LogP contribution is 2.39. The number of ether oxygens (including phenoxy) is 2. The van der Waals surface area contributed by atoms with Gasteiger partial charge in [0.05, 0.1) is 55.7 Å². The van der Waals surface area contributed by atoms with Crippen molar-refractivity contribution in [2.45, 2.75) is 68.2 Å². The highest BCUT2D eigenvalue weighted by Gasteiger charge is 2.41. The largest absolute Gasteiger partial charge is 0.491 e. The summed E-state index contributed by atoms with van der Waals surface area (Å²) in [4.78, 5) is 28.3. The number of aliphatic hydroxyl groups is 5. The summed E-state index contributed by atoms with van der Waals surface area (Å²) in [5.74, 6) is -1.23. The zero-order valence-electron chi connectivity index (χ0n) is 31.1. The lowest BCUT2D eigenvalue weighted by atomic mass is 9.86. The molecule has 2 amide bonds. The van der Waals surface area contributed by atoms with Gasteiger partial charge in [0.15, 0.2) is 0 Å². The van der Waals surface area contributed by atoms with E-state index in [4.69, 9.17) is 31.2 Å². The van der Waals surface area contributed by atoms with Crippen molar-refractivity contribution in [2.24, 2.45) is 23.3 Å². The monoisotopic (exact) mass is 768 g/mol. The predicted octanol–water partition coefficient (Wildman–Crippen LogP) is 2.05. The average Bonchev–Trinajstić information content (AvgIpc) is 3.59. The zero-order valence-corrected chi connectivity index (χ0v) is 31.1. The number of nitrogens with two attached hydrogens (primary N) is 2. The van der Waals surface area contributed by atoms with E-state index in [1.165, 1.54) is 0 Å². The second-order valence-corrected chi connectivity index (χ2v) is 14.6. The van der Waals surface area contributed by atoms with Crippen LogP contribution in [0.4, 0.5) is 0 Å². The van der Waals surface area contributed by atoms with Gasteiger partial charge in [-0.05, 0) is 83.3 Å². The molecule has 0 spiro atoms. The first-order valence-corrected chi connectivity index (χ1v) is 19.1. The Morgan fingerprint density at radius 2 is 0.946 bits per heavy atom. The maximum atomic E-state index is 14.2. The van der Waals surface area contributed by atoms with E-state index in [-0.39, 0.29) is 52.1 Å². The zero-order chi connectivity index (χ0) is 39.8. The first-order valence-electron chi connectivity index (χ1n) is 19.1. The molecule has 0 saturated heterocycles. The number of carbonyl (C=O) groups excluding carboxylic acids is 2. The van der Waals surface area contributed by atoms with Crippen LogP contribution in [-0.4, -0.2) is 82.1 Å². The van der Waals surface area contributed by atoms with Crippen LogP contribution >= 0.6 is 0 Å². The lowest BCUT2D eigenvalue weighted by Gasteiger charge is -2.27. The molecule has 0 aliphatic heterocycles. The predicted molar refractivity (Wildman–Crippen MR) is 208 cm³/mol. The first kappa shape index (κ1) is 40.8. The molecule has 0 aromatic heterocycles. The van der Waals surface area contributed by atoms with Crippen LogP contribution in [0.3, 0.4) is 0 Å². The molecule has 4 aromatic rings. The Labute approximate surface area is 326 Å². The Balaban J connectivity index is 1.23. The van der Waals surface area contributed by atoms with E-state index >= 15 is 0 Å². The van der Waals surface area contributed by atoms with E-state index in [1.54, 1.807) is 24.3 Å². The van der Waals surface area contributed by atoms with E-state index in [0.29, 0.717) is 11.5 Å². The van der Waals surface area contributed by atoms with Crippen LogP contribution in [0.1, 0.15) is 70.4 Å². The van der Waals surface area contributed by atoms with Crippen molar-refractivity contribution in [1.82, 2.24) is 10.6 Å². The molecule has 298 valence electrons. The van der Waals surface area contributed by atoms with Crippen molar-refractivity contribution in [2.75, 3.05) is 26.4 Å². The minimum Gasteiger partial charge on any atom is -0.491 e. The fourth-order valence-electron chi connectivity index (χ4n) is 7.87. The van der Waals surface area contributed by atoms with Gasteiger partial charge >= 0.3 is 0 Å². The molecule has 0 fully saturated rings. The summed E-state index contributed by atoms with van der Waals surface area (Å²) in [5.41, 5.74) is 17.2. The van der Waals surface area contributed by atoms with Gasteiger partial charge in [-0.3, -0.25) is 9.59 Å². The number of hydrogen-bond acceptors (Lipinski definition) is 11. The van der Waals surface area contributed by atoms with Crippen molar-refractivity contribution in [3.63, 3.8) is 0 Å². The smallest absolute Gasteiger partial charge is 0.224 e. The third-order valence-corrected chi connectivity index (χ3v) is 10.8. The van der Waals surface area contributed by atoms with Crippen LogP contribution in [0.25, 0.3) is 0 Å².